The van der Waals surface area contributed by atoms with E-state index < -0.39 is 0 Å². The van der Waals surface area contributed by atoms with Crippen molar-refractivity contribution >= 4 is 23.2 Å². The van der Waals surface area contributed by atoms with Crippen molar-refractivity contribution in [2.24, 2.45) is 11.3 Å². The fourth-order valence-corrected chi connectivity index (χ4v) is 5.13. The first-order valence-corrected chi connectivity index (χ1v) is 12.0. The number of hydrogen-bond acceptors (Lipinski definition) is 5. The van der Waals surface area contributed by atoms with Crippen LogP contribution in [0.15, 0.2) is 60.7 Å². The number of Topliss-reactive ketones (excluding diaryl/α,β-unsaturated/α-hetero) is 1. The highest BCUT2D eigenvalue weighted by Crippen LogP contribution is 2.38. The number of carbonyl (C=O) groups excluding carboxylic acids is 1. The molecule has 0 unspecified atom stereocenters. The number of anilines is 3. The first kappa shape index (κ1) is 21.6. The smallest absolute Gasteiger partial charge is 0.227 e. The maximum Gasteiger partial charge on any atom is 0.227 e. The van der Waals surface area contributed by atoms with Gasteiger partial charge in [0.15, 0.2) is 5.78 Å². The third kappa shape index (κ3) is 4.92. The first-order valence-electron chi connectivity index (χ1n) is 12.0. The molecule has 0 radical (unpaired) electrons. The molecule has 1 aliphatic carbocycles. The Morgan fingerprint density at radius 2 is 1.61 bits per heavy atom. The summed E-state index contributed by atoms with van der Waals surface area (Å²) in [6.07, 6.45) is 4.69. The van der Waals surface area contributed by atoms with Gasteiger partial charge in [0.05, 0.1) is 11.3 Å². The Kier molecular flexibility index (Phi) is 5.88. The Morgan fingerprint density at radius 1 is 0.939 bits per heavy atom. The van der Waals surface area contributed by atoms with Gasteiger partial charge in [0.2, 0.25) is 5.95 Å². The third-order valence-electron chi connectivity index (χ3n) is 6.84. The molecule has 33 heavy (non-hydrogen) atoms. The largest absolute Gasteiger partial charge is 0.341 e. The van der Waals surface area contributed by atoms with Crippen LogP contribution in [-0.4, -0.2) is 28.8 Å². The highest BCUT2D eigenvalue weighted by molar-refractivity contribution is 6.03. The zero-order valence-corrected chi connectivity index (χ0v) is 19.6. The third-order valence-corrected chi connectivity index (χ3v) is 6.84. The van der Waals surface area contributed by atoms with Gasteiger partial charge in [0, 0.05) is 25.2 Å². The molecular formula is C28H32N4O. The van der Waals surface area contributed by atoms with Crippen LogP contribution in [0.2, 0.25) is 0 Å². The van der Waals surface area contributed by atoms with Crippen molar-refractivity contribution in [2.45, 2.75) is 46.0 Å². The first-order chi connectivity index (χ1) is 16.0. The van der Waals surface area contributed by atoms with Crippen molar-refractivity contribution in [1.82, 2.24) is 9.97 Å². The van der Waals surface area contributed by atoms with Crippen LogP contribution in [0.3, 0.4) is 0 Å². The van der Waals surface area contributed by atoms with Crippen LogP contribution in [-0.2, 0) is 12.8 Å². The second kappa shape index (κ2) is 8.97. The van der Waals surface area contributed by atoms with Crippen molar-refractivity contribution in [3.63, 3.8) is 0 Å². The maximum atomic E-state index is 13.1. The van der Waals surface area contributed by atoms with Crippen LogP contribution < -0.4 is 10.2 Å². The number of nitrogens with zero attached hydrogens (tertiary/aromatic N) is 3. The predicted octanol–water partition coefficient (Wildman–Crippen LogP) is 5.83. The molecule has 5 rings (SSSR count). The van der Waals surface area contributed by atoms with Crippen LogP contribution in [0.4, 0.5) is 17.5 Å². The van der Waals surface area contributed by atoms with Gasteiger partial charge < -0.3 is 10.2 Å². The average molecular weight is 441 g/mol. The van der Waals surface area contributed by atoms with Gasteiger partial charge in [-0.2, -0.15) is 4.98 Å². The van der Waals surface area contributed by atoms with Crippen molar-refractivity contribution < 1.29 is 4.79 Å². The molecule has 1 aliphatic heterocycles. The second-order valence-electron chi connectivity index (χ2n) is 10.2. The van der Waals surface area contributed by atoms with E-state index in [1.807, 2.05) is 30.3 Å². The molecule has 0 atom stereocenters. The van der Waals surface area contributed by atoms with E-state index in [9.17, 15) is 4.79 Å². The number of hydrogen-bond donors (Lipinski definition) is 1. The van der Waals surface area contributed by atoms with E-state index in [4.69, 9.17) is 9.97 Å². The second-order valence-corrected chi connectivity index (χ2v) is 10.2. The lowest BCUT2D eigenvalue weighted by molar-refractivity contribution is 0.0911. The van der Waals surface area contributed by atoms with E-state index in [0.29, 0.717) is 23.7 Å². The zero-order valence-electron chi connectivity index (χ0n) is 19.6. The van der Waals surface area contributed by atoms with Crippen molar-refractivity contribution in [3.8, 4) is 0 Å². The monoisotopic (exact) mass is 440 g/mol. The Balaban J connectivity index is 1.40. The summed E-state index contributed by atoms with van der Waals surface area (Å²) in [6, 6.07) is 20.7. The number of ketones is 1. The standard InChI is InChI=1S/C28H32N4O/c1-28(2)18-23-25(24(33)19-28)26(29-22-11-7-4-8-12-22)31-27(30-23)32-15-13-21(14-16-32)17-20-9-5-3-6-10-20/h3-12,21H,13-19H2,1-2H3,(H,29,30,31). The molecule has 1 saturated heterocycles. The Morgan fingerprint density at radius 3 is 2.30 bits per heavy atom. The minimum atomic E-state index is -0.0810. The number of carbonyl (C=O) groups is 1. The van der Waals surface area contributed by atoms with Gasteiger partial charge in [-0.15, -0.1) is 0 Å². The van der Waals surface area contributed by atoms with Gasteiger partial charge >= 0.3 is 0 Å². The molecule has 5 heteroatoms. The summed E-state index contributed by atoms with van der Waals surface area (Å²) in [6.45, 7) is 6.18. The number of piperidine rings is 1. The molecule has 0 bridgehead atoms. The van der Waals surface area contributed by atoms with E-state index in [1.54, 1.807) is 0 Å². The fourth-order valence-electron chi connectivity index (χ4n) is 5.13. The molecule has 2 heterocycles. The van der Waals surface area contributed by atoms with Crippen molar-refractivity contribution in [2.75, 3.05) is 23.3 Å². The van der Waals surface area contributed by atoms with Gasteiger partial charge in [0.25, 0.3) is 0 Å². The number of nitrogens with one attached hydrogen (secondary N) is 1. The molecule has 5 nitrogen and oxygen atoms in total. The summed E-state index contributed by atoms with van der Waals surface area (Å²) in [7, 11) is 0. The molecule has 2 aliphatic rings. The van der Waals surface area contributed by atoms with Gasteiger partial charge in [-0.3, -0.25) is 4.79 Å². The van der Waals surface area contributed by atoms with Crippen LogP contribution in [0, 0.1) is 11.3 Å². The number of fused-ring (bicyclic) bond motifs is 1. The van der Waals surface area contributed by atoms with E-state index in [-0.39, 0.29) is 11.2 Å². The molecule has 170 valence electrons. The maximum absolute atomic E-state index is 13.1. The number of aromatic nitrogens is 2. The summed E-state index contributed by atoms with van der Waals surface area (Å²) in [4.78, 5) is 25.2. The predicted molar refractivity (Wildman–Crippen MR) is 133 cm³/mol. The zero-order chi connectivity index (χ0) is 22.8. The van der Waals surface area contributed by atoms with E-state index in [0.717, 1.165) is 56.1 Å². The minimum absolute atomic E-state index is 0.0810. The minimum Gasteiger partial charge on any atom is -0.341 e. The summed E-state index contributed by atoms with van der Waals surface area (Å²) in [5.41, 5.74) is 3.81. The molecule has 1 fully saturated rings. The summed E-state index contributed by atoms with van der Waals surface area (Å²) in [5.74, 6) is 2.21. The molecule has 3 aromatic rings. The van der Waals surface area contributed by atoms with Crippen molar-refractivity contribution in [3.05, 3.63) is 77.5 Å². The van der Waals surface area contributed by atoms with E-state index >= 15 is 0 Å². The Bertz CT molecular complexity index is 1120. The molecule has 0 saturated carbocycles. The van der Waals surface area contributed by atoms with Gasteiger partial charge in [-0.25, -0.2) is 4.98 Å². The summed E-state index contributed by atoms with van der Waals surface area (Å²) >= 11 is 0. The van der Waals surface area contributed by atoms with Crippen LogP contribution in [0.25, 0.3) is 0 Å². The van der Waals surface area contributed by atoms with Gasteiger partial charge in [0.1, 0.15) is 5.82 Å². The molecular weight excluding hydrogens is 408 g/mol. The number of para-hydroxylation sites is 1. The average Bonchev–Trinajstić information content (AvgIpc) is 2.79. The lowest BCUT2D eigenvalue weighted by Gasteiger charge is -2.34. The Labute approximate surface area is 196 Å². The highest BCUT2D eigenvalue weighted by atomic mass is 16.1. The van der Waals surface area contributed by atoms with E-state index in [1.165, 1.54) is 5.56 Å². The molecule has 1 N–H and O–H groups in total. The quantitative estimate of drug-likeness (QED) is 0.541. The SMILES string of the molecule is CC1(C)CC(=O)c2c(nc(N3CCC(Cc4ccccc4)CC3)nc2Nc2ccccc2)C1. The molecule has 0 amide bonds. The van der Waals surface area contributed by atoms with E-state index in [2.05, 4.69) is 54.4 Å². The topological polar surface area (TPSA) is 58.1 Å². The lowest BCUT2D eigenvalue weighted by atomic mass is 9.75. The fraction of sp³-hybridized carbons (Fsp3) is 0.393. The van der Waals surface area contributed by atoms with Gasteiger partial charge in [-0.1, -0.05) is 62.4 Å². The molecule has 1 aromatic heterocycles. The Hall–Kier alpha value is -3.21. The van der Waals surface area contributed by atoms with Crippen molar-refractivity contribution in [1.29, 1.82) is 0 Å². The van der Waals surface area contributed by atoms with Crippen LogP contribution >= 0.6 is 0 Å². The highest BCUT2D eigenvalue weighted by Gasteiger charge is 2.35. The lowest BCUT2D eigenvalue weighted by Crippen LogP contribution is -2.37. The molecule has 0 spiro atoms. The molecule has 2 aromatic carbocycles. The van der Waals surface area contributed by atoms with Crippen LogP contribution in [0.1, 0.15) is 54.7 Å². The summed E-state index contributed by atoms with van der Waals surface area (Å²) < 4.78 is 0. The normalized spacial score (nSPS) is 18.1. The number of benzene rings is 2. The van der Waals surface area contributed by atoms with Crippen LogP contribution in [0.5, 0.6) is 0 Å². The summed E-state index contributed by atoms with van der Waals surface area (Å²) in [5, 5.41) is 3.41. The number of rotatable bonds is 5. The van der Waals surface area contributed by atoms with Gasteiger partial charge in [-0.05, 0) is 54.7 Å².